The number of ether oxygens (including phenoxy) is 5. The SMILES string of the molecule is CO[C@@H]1[C@H]2OC(C)O[C@H]2O[C@H](CO)[C@H]1OC. The van der Waals surface area contributed by atoms with Gasteiger partial charge < -0.3 is 28.8 Å². The summed E-state index contributed by atoms with van der Waals surface area (Å²) in [5, 5.41) is 9.23. The number of fused-ring (bicyclic) bond motifs is 1. The Balaban J connectivity index is 2.15. The summed E-state index contributed by atoms with van der Waals surface area (Å²) in [5.41, 5.74) is 0. The molecule has 2 rings (SSSR count). The van der Waals surface area contributed by atoms with Crippen molar-refractivity contribution in [2.24, 2.45) is 0 Å². The van der Waals surface area contributed by atoms with Gasteiger partial charge in [0.25, 0.3) is 0 Å². The van der Waals surface area contributed by atoms with Crippen molar-refractivity contribution in [3.05, 3.63) is 0 Å². The quantitative estimate of drug-likeness (QED) is 0.710. The van der Waals surface area contributed by atoms with Gasteiger partial charge in [0.15, 0.2) is 12.6 Å². The molecular formula is C10H18O6. The van der Waals surface area contributed by atoms with Crippen LogP contribution < -0.4 is 0 Å². The maximum atomic E-state index is 9.23. The van der Waals surface area contributed by atoms with Crippen LogP contribution in [0.25, 0.3) is 0 Å². The molecule has 0 spiro atoms. The molecule has 2 fully saturated rings. The van der Waals surface area contributed by atoms with Gasteiger partial charge in [0, 0.05) is 14.2 Å². The average Bonchev–Trinajstić information content (AvgIpc) is 2.66. The van der Waals surface area contributed by atoms with Gasteiger partial charge in [0.1, 0.15) is 24.4 Å². The predicted octanol–water partition coefficient (Wildman–Crippen LogP) is -0.505. The van der Waals surface area contributed by atoms with Crippen molar-refractivity contribution in [1.82, 2.24) is 0 Å². The van der Waals surface area contributed by atoms with E-state index in [2.05, 4.69) is 0 Å². The first-order chi connectivity index (χ1) is 7.71. The third-order valence-electron chi connectivity index (χ3n) is 2.99. The summed E-state index contributed by atoms with van der Waals surface area (Å²) in [4.78, 5) is 0. The first-order valence-corrected chi connectivity index (χ1v) is 5.34. The molecule has 2 aliphatic heterocycles. The molecule has 2 heterocycles. The Bertz CT molecular complexity index is 229. The summed E-state index contributed by atoms with van der Waals surface area (Å²) < 4.78 is 27.2. The maximum absolute atomic E-state index is 9.23. The van der Waals surface area contributed by atoms with Crippen LogP contribution in [0.15, 0.2) is 0 Å². The van der Waals surface area contributed by atoms with Crippen LogP contribution in [-0.2, 0) is 23.7 Å². The Hall–Kier alpha value is -0.240. The van der Waals surface area contributed by atoms with E-state index in [1.165, 1.54) is 0 Å². The minimum Gasteiger partial charge on any atom is -0.394 e. The summed E-state index contributed by atoms with van der Waals surface area (Å²) in [6, 6.07) is 0. The number of methoxy groups -OCH3 is 2. The zero-order valence-corrected chi connectivity index (χ0v) is 9.66. The van der Waals surface area contributed by atoms with Crippen molar-refractivity contribution in [3.8, 4) is 0 Å². The molecule has 6 nitrogen and oxygen atoms in total. The largest absolute Gasteiger partial charge is 0.394 e. The predicted molar refractivity (Wildman–Crippen MR) is 52.8 cm³/mol. The highest BCUT2D eigenvalue weighted by Crippen LogP contribution is 2.33. The second-order valence-corrected chi connectivity index (χ2v) is 3.93. The van der Waals surface area contributed by atoms with Crippen LogP contribution in [0, 0.1) is 0 Å². The van der Waals surface area contributed by atoms with Gasteiger partial charge in [-0.1, -0.05) is 0 Å². The molecule has 6 heteroatoms. The van der Waals surface area contributed by atoms with Gasteiger partial charge in [-0.05, 0) is 6.92 Å². The fourth-order valence-electron chi connectivity index (χ4n) is 2.27. The minimum absolute atomic E-state index is 0.140. The molecule has 94 valence electrons. The van der Waals surface area contributed by atoms with Gasteiger partial charge in [-0.25, -0.2) is 0 Å². The van der Waals surface area contributed by atoms with E-state index in [0.717, 1.165) is 0 Å². The van der Waals surface area contributed by atoms with Crippen LogP contribution in [0.4, 0.5) is 0 Å². The molecule has 0 radical (unpaired) electrons. The Morgan fingerprint density at radius 1 is 1.06 bits per heavy atom. The average molecular weight is 234 g/mol. The number of hydrogen-bond donors (Lipinski definition) is 1. The summed E-state index contributed by atoms with van der Waals surface area (Å²) in [7, 11) is 3.14. The van der Waals surface area contributed by atoms with Crippen molar-refractivity contribution in [3.63, 3.8) is 0 Å². The minimum atomic E-state index is -0.497. The fourth-order valence-corrected chi connectivity index (χ4v) is 2.27. The molecule has 0 aromatic rings. The summed E-state index contributed by atoms with van der Waals surface area (Å²) >= 11 is 0. The smallest absolute Gasteiger partial charge is 0.190 e. The third kappa shape index (κ3) is 1.97. The summed E-state index contributed by atoms with van der Waals surface area (Å²) in [5.74, 6) is 0. The first kappa shape index (κ1) is 12.2. The van der Waals surface area contributed by atoms with Gasteiger partial charge in [0.05, 0.1) is 6.61 Å². The van der Waals surface area contributed by atoms with E-state index in [0.29, 0.717) is 0 Å². The van der Waals surface area contributed by atoms with Crippen molar-refractivity contribution in [1.29, 1.82) is 0 Å². The zero-order chi connectivity index (χ0) is 11.7. The van der Waals surface area contributed by atoms with Crippen molar-refractivity contribution < 1.29 is 28.8 Å². The van der Waals surface area contributed by atoms with E-state index in [9.17, 15) is 5.11 Å². The van der Waals surface area contributed by atoms with Gasteiger partial charge in [-0.3, -0.25) is 0 Å². The number of aliphatic hydroxyl groups is 1. The lowest BCUT2D eigenvalue weighted by Gasteiger charge is -2.40. The Morgan fingerprint density at radius 3 is 2.31 bits per heavy atom. The molecule has 1 unspecified atom stereocenters. The van der Waals surface area contributed by atoms with Crippen LogP contribution in [0.3, 0.4) is 0 Å². The van der Waals surface area contributed by atoms with Gasteiger partial charge in [-0.2, -0.15) is 0 Å². The van der Waals surface area contributed by atoms with E-state index >= 15 is 0 Å². The molecule has 0 saturated carbocycles. The lowest BCUT2D eigenvalue weighted by molar-refractivity contribution is -0.262. The lowest BCUT2D eigenvalue weighted by atomic mass is 9.99. The molecule has 2 aliphatic rings. The molecule has 0 aromatic heterocycles. The summed E-state index contributed by atoms with van der Waals surface area (Å²) in [6.45, 7) is 1.66. The lowest BCUT2D eigenvalue weighted by Crippen LogP contribution is -2.58. The van der Waals surface area contributed by atoms with Crippen molar-refractivity contribution >= 4 is 0 Å². The van der Waals surface area contributed by atoms with E-state index < -0.39 is 12.4 Å². The molecule has 2 saturated heterocycles. The topological polar surface area (TPSA) is 66.4 Å². The van der Waals surface area contributed by atoms with Gasteiger partial charge in [-0.15, -0.1) is 0 Å². The van der Waals surface area contributed by atoms with Crippen molar-refractivity contribution in [2.75, 3.05) is 20.8 Å². The molecule has 0 aliphatic carbocycles. The Labute approximate surface area is 94.4 Å². The number of hydrogen-bond acceptors (Lipinski definition) is 6. The second kappa shape index (κ2) is 4.95. The summed E-state index contributed by atoms with van der Waals surface area (Å²) in [6.07, 6.45) is -2.25. The third-order valence-corrected chi connectivity index (χ3v) is 2.99. The molecule has 6 atom stereocenters. The van der Waals surface area contributed by atoms with E-state index in [4.69, 9.17) is 23.7 Å². The highest BCUT2D eigenvalue weighted by Gasteiger charge is 2.51. The van der Waals surface area contributed by atoms with Gasteiger partial charge in [0.2, 0.25) is 0 Å². The standard InChI is InChI=1S/C10H18O6/c1-5-14-9-8(13-3)7(12-2)6(4-11)16-10(9)15-5/h5-11H,4H2,1-3H3/t5?,6-,7-,8+,9-,10+/m1/s1. The monoisotopic (exact) mass is 234 g/mol. The van der Waals surface area contributed by atoms with Gasteiger partial charge >= 0.3 is 0 Å². The first-order valence-electron chi connectivity index (χ1n) is 5.34. The Kier molecular flexibility index (Phi) is 3.78. The fraction of sp³-hybridized carbons (Fsp3) is 1.00. The van der Waals surface area contributed by atoms with Crippen LogP contribution in [0.1, 0.15) is 6.92 Å². The molecule has 0 bridgehead atoms. The molecule has 1 N–H and O–H groups in total. The molecule has 16 heavy (non-hydrogen) atoms. The van der Waals surface area contributed by atoms with Crippen LogP contribution >= 0.6 is 0 Å². The highest BCUT2D eigenvalue weighted by atomic mass is 16.8. The Morgan fingerprint density at radius 2 is 1.75 bits per heavy atom. The molecule has 0 aromatic carbocycles. The maximum Gasteiger partial charge on any atom is 0.190 e. The number of aliphatic hydroxyl groups excluding tert-OH is 1. The van der Waals surface area contributed by atoms with Crippen LogP contribution in [0.2, 0.25) is 0 Å². The van der Waals surface area contributed by atoms with Crippen molar-refractivity contribution in [2.45, 2.75) is 43.9 Å². The van der Waals surface area contributed by atoms with E-state index in [1.807, 2.05) is 0 Å². The van der Waals surface area contributed by atoms with E-state index in [-0.39, 0.29) is 31.2 Å². The molecular weight excluding hydrogens is 216 g/mol. The van der Waals surface area contributed by atoms with E-state index in [1.54, 1.807) is 21.1 Å². The normalized spacial score (nSPS) is 48.0. The highest BCUT2D eigenvalue weighted by molar-refractivity contribution is 4.93. The zero-order valence-electron chi connectivity index (χ0n) is 9.66. The van der Waals surface area contributed by atoms with Crippen LogP contribution in [0.5, 0.6) is 0 Å². The number of rotatable bonds is 3. The second-order valence-electron chi connectivity index (χ2n) is 3.93. The molecule has 0 amide bonds. The van der Waals surface area contributed by atoms with Crippen LogP contribution in [-0.4, -0.2) is 62.9 Å².